The second-order valence-corrected chi connectivity index (χ2v) is 2.72. The van der Waals surface area contributed by atoms with E-state index in [0.29, 0.717) is 17.0 Å². The van der Waals surface area contributed by atoms with E-state index in [2.05, 4.69) is 5.32 Å². The molecule has 0 bridgehead atoms. The van der Waals surface area contributed by atoms with Crippen LogP contribution in [0.15, 0.2) is 36.2 Å². The highest BCUT2D eigenvalue weighted by atomic mass is 35.5. The van der Waals surface area contributed by atoms with Crippen molar-refractivity contribution in [2.45, 2.75) is 0 Å². The lowest BCUT2D eigenvalue weighted by atomic mass is 10.3. The molecule has 13 heavy (non-hydrogen) atoms. The van der Waals surface area contributed by atoms with E-state index in [0.717, 1.165) is 0 Å². The summed E-state index contributed by atoms with van der Waals surface area (Å²) in [6.07, 6.45) is 1.51. The molecular formula is C9H8ClNO2. The van der Waals surface area contributed by atoms with E-state index in [-0.39, 0.29) is 5.76 Å². The van der Waals surface area contributed by atoms with Gasteiger partial charge in [0.25, 0.3) is 0 Å². The smallest absolute Gasteiger partial charge is 0.185 e. The number of rotatable bonds is 3. The topological polar surface area (TPSA) is 49.3 Å². The molecule has 0 radical (unpaired) electrons. The van der Waals surface area contributed by atoms with Crippen LogP contribution < -0.4 is 5.32 Å². The maximum Gasteiger partial charge on any atom is 0.185 e. The van der Waals surface area contributed by atoms with Gasteiger partial charge >= 0.3 is 0 Å². The number of halogens is 1. The van der Waals surface area contributed by atoms with Gasteiger partial charge in [-0.05, 0) is 12.1 Å². The fourth-order valence-corrected chi connectivity index (χ4v) is 0.954. The number of aliphatic hydroxyl groups excluding tert-OH is 1. The van der Waals surface area contributed by atoms with E-state index >= 15 is 0 Å². The molecule has 1 aromatic carbocycles. The molecule has 0 saturated heterocycles. The third-order valence-electron chi connectivity index (χ3n) is 1.37. The van der Waals surface area contributed by atoms with Crippen LogP contribution >= 0.6 is 11.6 Å². The first-order valence-electron chi connectivity index (χ1n) is 3.59. The molecule has 0 aliphatic carbocycles. The van der Waals surface area contributed by atoms with Crippen molar-refractivity contribution in [3.05, 3.63) is 41.2 Å². The minimum absolute atomic E-state index is 0.337. The monoisotopic (exact) mass is 197 g/mol. The van der Waals surface area contributed by atoms with Crippen LogP contribution in [0.2, 0.25) is 5.02 Å². The number of anilines is 1. The quantitative estimate of drug-likeness (QED) is 0.444. The van der Waals surface area contributed by atoms with E-state index in [1.807, 2.05) is 0 Å². The van der Waals surface area contributed by atoms with Crippen molar-refractivity contribution >= 4 is 23.6 Å². The molecule has 2 N–H and O–H groups in total. The Morgan fingerprint density at radius 3 is 2.77 bits per heavy atom. The van der Waals surface area contributed by atoms with Crippen molar-refractivity contribution in [3.8, 4) is 0 Å². The van der Waals surface area contributed by atoms with Crippen molar-refractivity contribution in [2.75, 3.05) is 5.32 Å². The van der Waals surface area contributed by atoms with Gasteiger partial charge in [0.1, 0.15) is 0 Å². The zero-order valence-electron chi connectivity index (χ0n) is 6.70. The van der Waals surface area contributed by atoms with Gasteiger partial charge in [-0.3, -0.25) is 4.79 Å². The molecule has 4 heteroatoms. The molecule has 1 aromatic rings. The molecule has 0 aliphatic rings. The highest BCUT2D eigenvalue weighted by molar-refractivity contribution is 6.33. The van der Waals surface area contributed by atoms with Crippen LogP contribution in [-0.4, -0.2) is 11.4 Å². The fourth-order valence-electron chi connectivity index (χ4n) is 0.764. The highest BCUT2D eigenvalue weighted by Gasteiger charge is 1.95. The van der Waals surface area contributed by atoms with E-state index in [4.69, 9.17) is 16.7 Å². The van der Waals surface area contributed by atoms with Crippen LogP contribution in [0.1, 0.15) is 0 Å². The average Bonchev–Trinajstić information content (AvgIpc) is 2.16. The van der Waals surface area contributed by atoms with Gasteiger partial charge in [0.15, 0.2) is 12.0 Å². The van der Waals surface area contributed by atoms with Crippen LogP contribution in [-0.2, 0) is 4.79 Å². The number of aldehydes is 1. The first-order valence-corrected chi connectivity index (χ1v) is 3.97. The Morgan fingerprint density at radius 2 is 2.15 bits per heavy atom. The van der Waals surface area contributed by atoms with Gasteiger partial charge in [0.2, 0.25) is 0 Å². The number of aliphatic hydroxyl groups is 1. The third kappa shape index (κ3) is 2.80. The molecule has 0 fully saturated rings. The van der Waals surface area contributed by atoms with Crippen LogP contribution in [0, 0.1) is 0 Å². The zero-order chi connectivity index (χ0) is 9.68. The van der Waals surface area contributed by atoms with Crippen molar-refractivity contribution in [2.24, 2.45) is 0 Å². The summed E-state index contributed by atoms with van der Waals surface area (Å²) in [5.74, 6) is -0.375. The predicted molar refractivity (Wildman–Crippen MR) is 51.9 cm³/mol. The molecule has 0 atom stereocenters. The number of benzene rings is 1. The summed E-state index contributed by atoms with van der Waals surface area (Å²) in [7, 11) is 0. The summed E-state index contributed by atoms with van der Waals surface area (Å²) in [4.78, 5) is 10.0. The van der Waals surface area contributed by atoms with Gasteiger partial charge in [-0.25, -0.2) is 0 Å². The molecule has 0 saturated carbocycles. The van der Waals surface area contributed by atoms with Crippen molar-refractivity contribution in [3.63, 3.8) is 0 Å². The van der Waals surface area contributed by atoms with Gasteiger partial charge in [-0.15, -0.1) is 0 Å². The second-order valence-electron chi connectivity index (χ2n) is 2.31. The number of carbonyl (C=O) groups is 1. The molecule has 0 heterocycles. The molecule has 0 aliphatic heterocycles. The number of carbonyl (C=O) groups excluding carboxylic acids is 1. The first kappa shape index (κ1) is 9.61. The first-order chi connectivity index (χ1) is 6.24. The van der Waals surface area contributed by atoms with Gasteiger partial charge < -0.3 is 10.4 Å². The molecule has 1 rings (SSSR count). The second kappa shape index (κ2) is 4.52. The van der Waals surface area contributed by atoms with Crippen LogP contribution in [0.4, 0.5) is 5.69 Å². The Kier molecular flexibility index (Phi) is 3.34. The van der Waals surface area contributed by atoms with E-state index < -0.39 is 0 Å². The third-order valence-corrected chi connectivity index (χ3v) is 1.70. The molecule has 0 aromatic heterocycles. The molecule has 0 spiro atoms. The number of para-hydroxylation sites is 1. The van der Waals surface area contributed by atoms with Gasteiger partial charge in [0.05, 0.1) is 10.7 Å². The summed E-state index contributed by atoms with van der Waals surface area (Å²) in [6.45, 7) is 0. The van der Waals surface area contributed by atoms with Crippen LogP contribution in [0.5, 0.6) is 0 Å². The van der Waals surface area contributed by atoms with Gasteiger partial charge in [-0.1, -0.05) is 23.7 Å². The van der Waals surface area contributed by atoms with E-state index in [9.17, 15) is 4.79 Å². The number of hydrogen-bond acceptors (Lipinski definition) is 3. The molecule has 3 nitrogen and oxygen atoms in total. The van der Waals surface area contributed by atoms with Crippen molar-refractivity contribution in [1.82, 2.24) is 0 Å². The summed E-state index contributed by atoms with van der Waals surface area (Å²) in [6, 6.07) is 7.02. The molecule has 68 valence electrons. The minimum Gasteiger partial charge on any atom is -0.504 e. The van der Waals surface area contributed by atoms with Crippen LogP contribution in [0.25, 0.3) is 0 Å². The molecular weight excluding hydrogens is 190 g/mol. The van der Waals surface area contributed by atoms with Crippen LogP contribution in [0.3, 0.4) is 0 Å². The lowest BCUT2D eigenvalue weighted by Gasteiger charge is -2.01. The maximum absolute atomic E-state index is 10.0. The highest BCUT2D eigenvalue weighted by Crippen LogP contribution is 2.20. The fraction of sp³-hybridized carbons (Fsp3) is 0. The van der Waals surface area contributed by atoms with Gasteiger partial charge in [0, 0.05) is 6.20 Å². The Balaban J connectivity index is 2.75. The number of nitrogens with one attached hydrogen (secondary N) is 1. The standard InChI is InChI=1S/C9H8ClNO2/c10-8-3-1-2-4-9(8)11-5-7(13)6-12/h1-6,11,13H/b7-5-. The SMILES string of the molecule is O=C/C(O)=C/Nc1ccccc1Cl. The van der Waals surface area contributed by atoms with E-state index in [1.54, 1.807) is 24.3 Å². The predicted octanol–water partition coefficient (Wildman–Crippen LogP) is 2.35. The zero-order valence-corrected chi connectivity index (χ0v) is 7.45. The Hall–Kier alpha value is -1.48. The molecule has 0 amide bonds. The normalized spacial score (nSPS) is 11.0. The molecule has 0 unspecified atom stereocenters. The number of allylic oxidation sites excluding steroid dienone is 1. The Bertz CT molecular complexity index is 336. The Morgan fingerprint density at radius 1 is 1.46 bits per heavy atom. The summed E-state index contributed by atoms with van der Waals surface area (Å²) in [5.41, 5.74) is 0.637. The van der Waals surface area contributed by atoms with E-state index in [1.165, 1.54) is 6.20 Å². The summed E-state index contributed by atoms with van der Waals surface area (Å²) < 4.78 is 0. The van der Waals surface area contributed by atoms with Crippen molar-refractivity contribution in [1.29, 1.82) is 0 Å². The van der Waals surface area contributed by atoms with Crippen molar-refractivity contribution < 1.29 is 9.90 Å². The van der Waals surface area contributed by atoms with Gasteiger partial charge in [-0.2, -0.15) is 0 Å². The summed E-state index contributed by atoms with van der Waals surface area (Å²) >= 11 is 5.79. The lowest BCUT2D eigenvalue weighted by Crippen LogP contribution is -1.92. The number of hydrogen-bond donors (Lipinski definition) is 2. The largest absolute Gasteiger partial charge is 0.504 e. The lowest BCUT2D eigenvalue weighted by molar-refractivity contribution is -0.106. The minimum atomic E-state index is -0.375. The Labute approximate surface area is 80.6 Å². The average molecular weight is 198 g/mol. The maximum atomic E-state index is 10.0. The summed E-state index contributed by atoms with van der Waals surface area (Å²) in [5, 5.41) is 12.0.